The number of hydrogen-bond donors (Lipinski definition) is 0. The van der Waals surface area contributed by atoms with E-state index in [0.29, 0.717) is 0 Å². The lowest BCUT2D eigenvalue weighted by molar-refractivity contribution is -0.423. The van der Waals surface area contributed by atoms with Gasteiger partial charge in [0, 0.05) is 27.4 Å². The molecule has 0 radical (unpaired) electrons. The van der Waals surface area contributed by atoms with Crippen LogP contribution in [-0.4, -0.2) is 54.9 Å². The minimum absolute atomic E-state index is 0.0931. The third-order valence-corrected chi connectivity index (χ3v) is 5.40. The standard InChI is InChI=1S/C9H15F7O4Si/c1-17-21(18-2,19-3)6-4-5-20-9(15,16)7(10,11)8(12,13)14/h4-6H2,1-3H3. The van der Waals surface area contributed by atoms with E-state index in [1.165, 1.54) is 21.3 Å². The summed E-state index contributed by atoms with van der Waals surface area (Å²) in [6.45, 7) is -1.05. The van der Waals surface area contributed by atoms with Gasteiger partial charge in [0.15, 0.2) is 0 Å². The summed E-state index contributed by atoms with van der Waals surface area (Å²) in [6.07, 6.45) is -12.4. The van der Waals surface area contributed by atoms with Crippen molar-refractivity contribution in [3.63, 3.8) is 0 Å². The van der Waals surface area contributed by atoms with Gasteiger partial charge in [0.05, 0.1) is 6.61 Å². The Kier molecular flexibility index (Phi) is 7.07. The van der Waals surface area contributed by atoms with Crippen LogP contribution >= 0.6 is 0 Å². The van der Waals surface area contributed by atoms with Crippen molar-refractivity contribution in [2.24, 2.45) is 0 Å². The molecule has 0 rings (SSSR count). The maximum absolute atomic E-state index is 12.8. The first-order chi connectivity index (χ1) is 9.39. The van der Waals surface area contributed by atoms with Gasteiger partial charge in [-0.2, -0.15) is 30.7 Å². The predicted octanol–water partition coefficient (Wildman–Crippen LogP) is 3.06. The number of halogens is 7. The summed E-state index contributed by atoms with van der Waals surface area (Å²) in [7, 11) is 0.555. The van der Waals surface area contributed by atoms with Crippen LogP contribution in [0.25, 0.3) is 0 Å². The molecule has 128 valence electrons. The van der Waals surface area contributed by atoms with Crippen molar-refractivity contribution in [1.29, 1.82) is 0 Å². The lowest BCUT2D eigenvalue weighted by atomic mass is 10.3. The van der Waals surface area contributed by atoms with E-state index >= 15 is 0 Å². The quantitative estimate of drug-likeness (QED) is 0.365. The second-order valence-corrected chi connectivity index (χ2v) is 6.93. The van der Waals surface area contributed by atoms with Crippen molar-refractivity contribution in [1.82, 2.24) is 0 Å². The van der Waals surface area contributed by atoms with Gasteiger partial charge in [-0.15, -0.1) is 0 Å². The molecule has 4 nitrogen and oxygen atoms in total. The molecular formula is C9H15F7O4Si. The molecule has 21 heavy (non-hydrogen) atoms. The Hall–Kier alpha value is -0.433. The topological polar surface area (TPSA) is 36.9 Å². The number of ether oxygens (including phenoxy) is 1. The number of rotatable bonds is 9. The van der Waals surface area contributed by atoms with Crippen LogP contribution in [0.5, 0.6) is 0 Å². The van der Waals surface area contributed by atoms with Gasteiger partial charge in [0.1, 0.15) is 0 Å². The fourth-order valence-electron chi connectivity index (χ4n) is 1.30. The molecule has 0 atom stereocenters. The van der Waals surface area contributed by atoms with Crippen molar-refractivity contribution in [3.8, 4) is 0 Å². The SMILES string of the molecule is CO[Si](CCCOC(F)(F)C(F)(F)C(F)(F)F)(OC)OC. The summed E-state index contributed by atoms with van der Waals surface area (Å²) in [4.78, 5) is 0. The zero-order chi connectivity index (χ0) is 16.9. The summed E-state index contributed by atoms with van der Waals surface area (Å²) in [5.41, 5.74) is 0. The molecule has 0 N–H and O–H groups in total. The van der Waals surface area contributed by atoms with Gasteiger partial charge in [0.25, 0.3) is 0 Å². The summed E-state index contributed by atoms with van der Waals surface area (Å²) in [6, 6.07) is -0.0931. The first-order valence-corrected chi connectivity index (χ1v) is 7.44. The highest BCUT2D eigenvalue weighted by Gasteiger charge is 2.74. The van der Waals surface area contributed by atoms with Crippen molar-refractivity contribution in [2.45, 2.75) is 30.7 Å². The molecule has 0 amide bonds. The lowest BCUT2D eigenvalue weighted by Crippen LogP contribution is -2.53. The third-order valence-electron chi connectivity index (χ3n) is 2.57. The van der Waals surface area contributed by atoms with E-state index in [-0.39, 0.29) is 12.5 Å². The third kappa shape index (κ3) is 4.77. The molecule has 0 aromatic rings. The normalized spacial score (nSPS) is 14.6. The maximum atomic E-state index is 12.8. The fraction of sp³-hybridized carbons (Fsp3) is 1.00. The van der Waals surface area contributed by atoms with E-state index in [1.54, 1.807) is 0 Å². The molecule has 0 aliphatic rings. The molecule has 0 aliphatic heterocycles. The molecule has 12 heteroatoms. The van der Waals surface area contributed by atoms with E-state index in [0.717, 1.165) is 0 Å². The van der Waals surface area contributed by atoms with Crippen LogP contribution in [0.2, 0.25) is 6.04 Å². The predicted molar refractivity (Wildman–Crippen MR) is 58.1 cm³/mol. The Labute approximate surface area is 117 Å². The average Bonchev–Trinajstić information content (AvgIpc) is 2.38. The van der Waals surface area contributed by atoms with Crippen LogP contribution in [-0.2, 0) is 18.0 Å². The molecule has 0 spiro atoms. The molecule has 0 aliphatic carbocycles. The van der Waals surface area contributed by atoms with Crippen LogP contribution in [0.15, 0.2) is 0 Å². The molecule has 0 bridgehead atoms. The van der Waals surface area contributed by atoms with Gasteiger partial charge in [0.2, 0.25) is 0 Å². The second-order valence-electron chi connectivity index (χ2n) is 3.84. The van der Waals surface area contributed by atoms with Crippen molar-refractivity contribution in [3.05, 3.63) is 0 Å². The van der Waals surface area contributed by atoms with Gasteiger partial charge >= 0.3 is 27.0 Å². The second kappa shape index (κ2) is 7.22. The lowest BCUT2D eigenvalue weighted by Gasteiger charge is -2.28. The van der Waals surface area contributed by atoms with Crippen LogP contribution in [0.4, 0.5) is 30.7 Å². The largest absolute Gasteiger partial charge is 0.500 e. The van der Waals surface area contributed by atoms with E-state index < -0.39 is 33.6 Å². The number of hydrogen-bond acceptors (Lipinski definition) is 4. The molecule has 0 fully saturated rings. The highest BCUT2D eigenvalue weighted by atomic mass is 28.4. The molecule has 0 aromatic heterocycles. The Morgan fingerprint density at radius 3 is 1.57 bits per heavy atom. The van der Waals surface area contributed by atoms with E-state index in [9.17, 15) is 30.7 Å². The Morgan fingerprint density at radius 2 is 1.24 bits per heavy atom. The van der Waals surface area contributed by atoms with Crippen molar-refractivity contribution >= 4 is 8.80 Å². The summed E-state index contributed by atoms with van der Waals surface area (Å²) >= 11 is 0. The monoisotopic (exact) mass is 348 g/mol. The first kappa shape index (κ1) is 20.6. The number of alkyl halides is 7. The van der Waals surface area contributed by atoms with E-state index in [1.807, 2.05) is 0 Å². The maximum Gasteiger partial charge on any atom is 0.500 e. The minimum Gasteiger partial charge on any atom is -0.377 e. The van der Waals surface area contributed by atoms with Crippen LogP contribution in [0, 0.1) is 0 Å². The van der Waals surface area contributed by atoms with Crippen molar-refractivity contribution in [2.75, 3.05) is 27.9 Å². The Bertz CT molecular complexity index is 311. The smallest absolute Gasteiger partial charge is 0.377 e. The molecule has 0 heterocycles. The van der Waals surface area contributed by atoms with Crippen LogP contribution < -0.4 is 0 Å². The van der Waals surface area contributed by atoms with Gasteiger partial charge < -0.3 is 18.0 Å². The van der Waals surface area contributed by atoms with Crippen molar-refractivity contribution < 1.29 is 48.7 Å². The Balaban J connectivity index is 4.53. The average molecular weight is 348 g/mol. The van der Waals surface area contributed by atoms with Crippen LogP contribution in [0.1, 0.15) is 6.42 Å². The first-order valence-electron chi connectivity index (χ1n) is 5.51. The van der Waals surface area contributed by atoms with Gasteiger partial charge in [-0.05, 0) is 6.42 Å². The minimum atomic E-state index is -6.42. The van der Waals surface area contributed by atoms with Gasteiger partial charge in [-0.1, -0.05) is 0 Å². The zero-order valence-corrected chi connectivity index (χ0v) is 12.4. The van der Waals surface area contributed by atoms with Gasteiger partial charge in [-0.3, -0.25) is 0 Å². The van der Waals surface area contributed by atoms with Gasteiger partial charge in [-0.25, -0.2) is 0 Å². The highest BCUT2D eigenvalue weighted by molar-refractivity contribution is 6.60. The molecule has 0 saturated heterocycles. The summed E-state index contributed by atoms with van der Waals surface area (Å²) in [5, 5.41) is 0. The van der Waals surface area contributed by atoms with E-state index in [4.69, 9.17) is 13.3 Å². The molecule has 0 saturated carbocycles. The summed E-state index contributed by atoms with van der Waals surface area (Å²) in [5.74, 6) is -6.28. The zero-order valence-electron chi connectivity index (χ0n) is 11.4. The molecule has 0 aromatic carbocycles. The fourth-order valence-corrected chi connectivity index (χ4v) is 2.99. The molecule has 0 unspecified atom stereocenters. The summed E-state index contributed by atoms with van der Waals surface area (Å²) < 4.78 is 104. The van der Waals surface area contributed by atoms with E-state index in [2.05, 4.69) is 4.74 Å². The Morgan fingerprint density at radius 1 is 0.810 bits per heavy atom. The van der Waals surface area contributed by atoms with Crippen LogP contribution in [0.3, 0.4) is 0 Å². The highest BCUT2D eigenvalue weighted by Crippen LogP contribution is 2.47. The molecular weight excluding hydrogens is 333 g/mol.